The molecule has 5 N–H and O–H groups in total. The van der Waals surface area contributed by atoms with Crippen molar-refractivity contribution >= 4 is 15.9 Å². The Labute approximate surface area is 106 Å². The number of primary amides is 1. The molecular formula is C11H17N3O3S. The molecule has 0 heterocycles. The van der Waals surface area contributed by atoms with Crippen molar-refractivity contribution in [3.05, 3.63) is 29.8 Å². The largest absolute Gasteiger partial charge is 0.366 e. The van der Waals surface area contributed by atoms with Gasteiger partial charge < -0.3 is 11.5 Å². The summed E-state index contributed by atoms with van der Waals surface area (Å²) in [5.41, 5.74) is 10.3. The molecule has 0 saturated carbocycles. The van der Waals surface area contributed by atoms with Gasteiger partial charge >= 0.3 is 0 Å². The Balaban J connectivity index is 2.99. The third-order valence-corrected chi connectivity index (χ3v) is 3.55. The molecule has 1 rings (SSSR count). The van der Waals surface area contributed by atoms with Crippen LogP contribution in [0.3, 0.4) is 0 Å². The van der Waals surface area contributed by atoms with Crippen LogP contribution in [0, 0.1) is 0 Å². The Morgan fingerprint density at radius 2 is 2.00 bits per heavy atom. The van der Waals surface area contributed by atoms with E-state index >= 15 is 0 Å². The van der Waals surface area contributed by atoms with Gasteiger partial charge in [-0.2, -0.15) is 0 Å². The summed E-state index contributed by atoms with van der Waals surface area (Å²) in [5.74, 6) is -0.675. The predicted octanol–water partition coefficient (Wildman–Crippen LogP) is -0.199. The van der Waals surface area contributed by atoms with Crippen LogP contribution in [-0.2, 0) is 10.0 Å². The zero-order valence-corrected chi connectivity index (χ0v) is 11.1. The zero-order chi connectivity index (χ0) is 14.0. The average Bonchev–Trinajstić information content (AvgIpc) is 2.26. The summed E-state index contributed by atoms with van der Waals surface area (Å²) in [4.78, 5) is 11.0. The van der Waals surface area contributed by atoms with Crippen molar-refractivity contribution in [3.8, 4) is 0 Å². The van der Waals surface area contributed by atoms with Crippen molar-refractivity contribution in [2.75, 3.05) is 6.54 Å². The van der Waals surface area contributed by atoms with Gasteiger partial charge in [-0.3, -0.25) is 4.79 Å². The maximum Gasteiger partial charge on any atom is 0.248 e. The molecule has 18 heavy (non-hydrogen) atoms. The predicted molar refractivity (Wildman–Crippen MR) is 68.4 cm³/mol. The molecule has 0 radical (unpaired) electrons. The third-order valence-electron chi connectivity index (χ3n) is 2.15. The van der Waals surface area contributed by atoms with Gasteiger partial charge in [0.2, 0.25) is 15.9 Å². The van der Waals surface area contributed by atoms with E-state index in [9.17, 15) is 13.2 Å². The molecule has 7 heteroatoms. The van der Waals surface area contributed by atoms with Crippen LogP contribution in [-0.4, -0.2) is 26.4 Å². The third kappa shape index (κ3) is 4.10. The van der Waals surface area contributed by atoms with E-state index in [4.69, 9.17) is 11.5 Å². The van der Waals surface area contributed by atoms with E-state index in [1.807, 2.05) is 0 Å². The van der Waals surface area contributed by atoms with Crippen LogP contribution in [0.5, 0.6) is 0 Å². The second kappa shape index (κ2) is 5.05. The van der Waals surface area contributed by atoms with Gasteiger partial charge in [0.25, 0.3) is 0 Å². The summed E-state index contributed by atoms with van der Waals surface area (Å²) in [6.45, 7) is 3.50. The molecular weight excluding hydrogens is 254 g/mol. The van der Waals surface area contributed by atoms with Crippen molar-refractivity contribution in [1.82, 2.24) is 4.72 Å². The fraction of sp³-hybridized carbons (Fsp3) is 0.364. The Kier molecular flexibility index (Phi) is 4.10. The van der Waals surface area contributed by atoms with Crippen molar-refractivity contribution in [2.45, 2.75) is 24.3 Å². The highest BCUT2D eigenvalue weighted by Crippen LogP contribution is 2.11. The van der Waals surface area contributed by atoms with Crippen molar-refractivity contribution in [2.24, 2.45) is 11.5 Å². The minimum Gasteiger partial charge on any atom is -0.366 e. The number of nitrogens with one attached hydrogen (secondary N) is 1. The molecule has 100 valence electrons. The van der Waals surface area contributed by atoms with E-state index in [-0.39, 0.29) is 17.0 Å². The summed E-state index contributed by atoms with van der Waals surface area (Å²) in [7, 11) is -3.69. The topological polar surface area (TPSA) is 115 Å². The molecule has 0 bridgehead atoms. The number of amides is 1. The van der Waals surface area contributed by atoms with Crippen LogP contribution < -0.4 is 16.2 Å². The molecule has 1 aromatic carbocycles. The highest BCUT2D eigenvalue weighted by Gasteiger charge is 2.19. The molecule has 0 atom stereocenters. The van der Waals surface area contributed by atoms with Crippen molar-refractivity contribution < 1.29 is 13.2 Å². The first-order chi connectivity index (χ1) is 8.12. The molecule has 0 aliphatic rings. The summed E-state index contributed by atoms with van der Waals surface area (Å²) < 4.78 is 26.2. The Bertz CT molecular complexity index is 547. The van der Waals surface area contributed by atoms with Crippen LogP contribution in [0.25, 0.3) is 0 Å². The highest BCUT2D eigenvalue weighted by atomic mass is 32.2. The number of carbonyl (C=O) groups excluding carboxylic acids is 1. The fourth-order valence-corrected chi connectivity index (χ4v) is 2.45. The molecule has 0 unspecified atom stereocenters. The van der Waals surface area contributed by atoms with E-state index in [1.165, 1.54) is 24.3 Å². The molecule has 1 amide bonds. The Morgan fingerprint density at radius 3 is 2.50 bits per heavy atom. The van der Waals surface area contributed by atoms with E-state index in [1.54, 1.807) is 13.8 Å². The van der Waals surface area contributed by atoms with Crippen LogP contribution in [0.15, 0.2) is 29.2 Å². The van der Waals surface area contributed by atoms with Crippen LogP contribution >= 0.6 is 0 Å². The quantitative estimate of drug-likeness (QED) is 0.687. The number of rotatable bonds is 5. The molecule has 0 fully saturated rings. The summed E-state index contributed by atoms with van der Waals surface area (Å²) in [6, 6.07) is 5.53. The number of hydrogen-bond donors (Lipinski definition) is 3. The Morgan fingerprint density at radius 1 is 1.39 bits per heavy atom. The number of sulfonamides is 1. The molecule has 6 nitrogen and oxygen atoms in total. The van der Waals surface area contributed by atoms with Crippen LogP contribution in [0.2, 0.25) is 0 Å². The maximum absolute atomic E-state index is 11.9. The number of nitrogens with two attached hydrogens (primary N) is 2. The second-order valence-corrected chi connectivity index (χ2v) is 6.47. The first kappa shape index (κ1) is 14.6. The van der Waals surface area contributed by atoms with Gasteiger partial charge in [-0.05, 0) is 32.0 Å². The Hall–Kier alpha value is -1.44. The first-order valence-corrected chi connectivity index (χ1v) is 6.78. The highest BCUT2D eigenvalue weighted by molar-refractivity contribution is 7.89. The van der Waals surface area contributed by atoms with Gasteiger partial charge in [0, 0.05) is 17.6 Å². The second-order valence-electron chi connectivity index (χ2n) is 4.71. The molecule has 0 aromatic heterocycles. The van der Waals surface area contributed by atoms with Gasteiger partial charge in [-0.15, -0.1) is 0 Å². The summed E-state index contributed by atoms with van der Waals surface area (Å²) in [6.07, 6.45) is 0. The zero-order valence-electron chi connectivity index (χ0n) is 10.3. The van der Waals surface area contributed by atoms with Crippen LogP contribution in [0.4, 0.5) is 0 Å². The van der Waals surface area contributed by atoms with Crippen molar-refractivity contribution in [1.29, 1.82) is 0 Å². The smallest absolute Gasteiger partial charge is 0.248 e. The standard InChI is InChI=1S/C11H17N3O3S/c1-11(2,13)7-14-18(16,17)9-5-3-4-8(6-9)10(12)15/h3-6,14H,7,13H2,1-2H3,(H2,12,15). The van der Waals surface area contributed by atoms with E-state index in [0.29, 0.717) is 0 Å². The molecule has 0 aliphatic heterocycles. The molecule has 0 saturated heterocycles. The van der Waals surface area contributed by atoms with Gasteiger partial charge in [0.15, 0.2) is 0 Å². The van der Waals surface area contributed by atoms with Crippen LogP contribution in [0.1, 0.15) is 24.2 Å². The van der Waals surface area contributed by atoms with E-state index < -0.39 is 21.5 Å². The minimum absolute atomic E-state index is 0.0111. The number of benzene rings is 1. The minimum atomic E-state index is -3.69. The van der Waals surface area contributed by atoms with Gasteiger partial charge in [-0.25, -0.2) is 13.1 Å². The lowest BCUT2D eigenvalue weighted by Crippen LogP contribution is -2.45. The lowest BCUT2D eigenvalue weighted by molar-refractivity contribution is 0.1000. The number of carbonyl (C=O) groups is 1. The molecule has 0 aliphatic carbocycles. The van der Waals surface area contributed by atoms with Gasteiger partial charge in [0.05, 0.1) is 4.90 Å². The molecule has 0 spiro atoms. The first-order valence-electron chi connectivity index (χ1n) is 5.30. The lowest BCUT2D eigenvalue weighted by atomic mass is 10.1. The van der Waals surface area contributed by atoms with E-state index in [0.717, 1.165) is 0 Å². The fourth-order valence-electron chi connectivity index (χ4n) is 1.18. The normalized spacial score (nSPS) is 12.4. The average molecular weight is 271 g/mol. The maximum atomic E-state index is 11.9. The van der Waals surface area contributed by atoms with Gasteiger partial charge in [-0.1, -0.05) is 6.07 Å². The monoisotopic (exact) mass is 271 g/mol. The summed E-state index contributed by atoms with van der Waals surface area (Å²) in [5, 5.41) is 0. The SMILES string of the molecule is CC(C)(N)CNS(=O)(=O)c1cccc(C(N)=O)c1. The molecule has 1 aromatic rings. The van der Waals surface area contributed by atoms with E-state index in [2.05, 4.69) is 4.72 Å². The van der Waals surface area contributed by atoms with Gasteiger partial charge in [0.1, 0.15) is 0 Å². The van der Waals surface area contributed by atoms with Crippen molar-refractivity contribution in [3.63, 3.8) is 0 Å². The summed E-state index contributed by atoms with van der Waals surface area (Å²) >= 11 is 0. The number of hydrogen-bond acceptors (Lipinski definition) is 4. The lowest BCUT2D eigenvalue weighted by Gasteiger charge is -2.19.